The molecule has 0 atom stereocenters. The molecule has 3 saturated heterocycles. The normalized spacial score (nSPS) is 20.3. The van der Waals surface area contributed by atoms with Crippen LogP contribution in [-0.2, 0) is 4.79 Å². The van der Waals surface area contributed by atoms with Crippen LogP contribution in [0.25, 0.3) is 16.2 Å². The zero-order valence-corrected chi connectivity index (χ0v) is 21.6. The van der Waals surface area contributed by atoms with E-state index in [1.807, 2.05) is 4.52 Å². The smallest absolute Gasteiger partial charge is 0.225 e. The van der Waals surface area contributed by atoms with Crippen LogP contribution < -0.4 is 9.80 Å². The molecule has 0 N–H and O–H groups in total. The van der Waals surface area contributed by atoms with Crippen molar-refractivity contribution in [3.63, 3.8) is 0 Å². The Morgan fingerprint density at radius 3 is 2.26 bits per heavy atom. The van der Waals surface area contributed by atoms with Gasteiger partial charge in [0.05, 0.1) is 11.4 Å². The van der Waals surface area contributed by atoms with Crippen LogP contribution in [0.15, 0.2) is 24.3 Å². The molecular weight excluding hydrogens is 458 g/mol. The maximum atomic E-state index is 13.0. The predicted molar refractivity (Wildman–Crippen MR) is 141 cm³/mol. The van der Waals surface area contributed by atoms with Gasteiger partial charge in [0, 0.05) is 69.5 Å². The Morgan fingerprint density at radius 1 is 0.914 bits per heavy atom. The number of hydrogen-bond donors (Lipinski definition) is 0. The van der Waals surface area contributed by atoms with Crippen molar-refractivity contribution in [3.8, 4) is 11.3 Å². The number of benzene rings is 1. The number of fused-ring (bicyclic) bond motifs is 1. The zero-order chi connectivity index (χ0) is 23.9. The highest BCUT2D eigenvalue weighted by Crippen LogP contribution is 2.33. The Hall–Kier alpha value is -2.65. The minimum absolute atomic E-state index is 0.149. The Kier molecular flexibility index (Phi) is 6.14. The number of piperazine rings is 1. The Morgan fingerprint density at radius 2 is 1.60 bits per heavy atom. The second-order valence-electron chi connectivity index (χ2n) is 10.3. The molecule has 0 saturated carbocycles. The van der Waals surface area contributed by atoms with Crippen molar-refractivity contribution in [2.75, 3.05) is 69.2 Å². The number of rotatable bonds is 4. The minimum Gasteiger partial charge on any atom is -0.372 e. The van der Waals surface area contributed by atoms with Gasteiger partial charge in [0.2, 0.25) is 16.0 Å². The monoisotopic (exact) mass is 493 g/mol. The van der Waals surface area contributed by atoms with Gasteiger partial charge in [0.15, 0.2) is 0 Å². The fraction of sp³-hybridized carbons (Fsp3) is 0.577. The van der Waals surface area contributed by atoms with Gasteiger partial charge in [0.25, 0.3) is 0 Å². The van der Waals surface area contributed by atoms with Crippen LogP contribution in [0.4, 0.5) is 10.8 Å². The number of aryl methyl sites for hydroxylation is 1. The predicted octanol–water partition coefficient (Wildman–Crippen LogP) is 3.36. The van der Waals surface area contributed by atoms with Crippen LogP contribution in [0.2, 0.25) is 0 Å². The summed E-state index contributed by atoms with van der Waals surface area (Å²) in [5.74, 6) is 0.499. The summed E-state index contributed by atoms with van der Waals surface area (Å²) >= 11 is 1.65. The second-order valence-corrected chi connectivity index (χ2v) is 11.2. The van der Waals surface area contributed by atoms with E-state index in [1.165, 1.54) is 18.5 Å². The zero-order valence-electron chi connectivity index (χ0n) is 20.8. The summed E-state index contributed by atoms with van der Waals surface area (Å²) in [6.07, 6.45) is 4.38. The third-order valence-electron chi connectivity index (χ3n) is 7.96. The number of amides is 1. The number of hydrogen-bond acceptors (Lipinski definition) is 7. The highest BCUT2D eigenvalue weighted by Gasteiger charge is 2.31. The number of piperidine rings is 1. The average molecular weight is 494 g/mol. The molecule has 35 heavy (non-hydrogen) atoms. The molecule has 2 aromatic heterocycles. The van der Waals surface area contributed by atoms with Gasteiger partial charge in [-0.3, -0.25) is 4.79 Å². The number of nitrogens with zero attached hydrogens (tertiary/aromatic N) is 7. The van der Waals surface area contributed by atoms with Crippen LogP contribution in [0, 0.1) is 12.8 Å². The van der Waals surface area contributed by atoms with Crippen molar-refractivity contribution in [2.24, 2.45) is 5.92 Å². The van der Waals surface area contributed by atoms with E-state index in [2.05, 4.69) is 57.8 Å². The molecule has 1 aromatic carbocycles. The van der Waals surface area contributed by atoms with Crippen LogP contribution in [-0.4, -0.2) is 89.7 Å². The van der Waals surface area contributed by atoms with E-state index in [-0.39, 0.29) is 5.92 Å². The standard InChI is InChI=1S/C26H35N7OS/c1-19-23(20-5-7-22(8-6-20)30-11-3-4-12-30)27-25-33(19)28-26(35-25)32-13-9-21(10-14-32)24(34)31-17-15-29(2)16-18-31/h5-8,21H,3-4,9-18H2,1-2H3. The van der Waals surface area contributed by atoms with Crippen molar-refractivity contribution >= 4 is 33.0 Å². The van der Waals surface area contributed by atoms with E-state index in [1.54, 1.807) is 11.3 Å². The third kappa shape index (κ3) is 4.40. The molecule has 0 spiro atoms. The first-order chi connectivity index (χ1) is 17.1. The summed E-state index contributed by atoms with van der Waals surface area (Å²) in [4.78, 5) is 28.0. The lowest BCUT2D eigenvalue weighted by Gasteiger charge is -2.37. The number of likely N-dealkylation sites (N-methyl/N-ethyl adjacent to an activating group) is 1. The number of imidazole rings is 1. The van der Waals surface area contributed by atoms with Gasteiger partial charge in [-0.1, -0.05) is 23.5 Å². The van der Waals surface area contributed by atoms with Crippen LogP contribution in [0.1, 0.15) is 31.4 Å². The molecule has 9 heteroatoms. The van der Waals surface area contributed by atoms with Crippen LogP contribution in [0.5, 0.6) is 0 Å². The summed E-state index contributed by atoms with van der Waals surface area (Å²) in [7, 11) is 2.13. The number of carbonyl (C=O) groups excluding carboxylic acids is 1. The SMILES string of the molecule is Cc1c(-c2ccc(N3CCCC3)cc2)nc2sc(N3CCC(C(=O)N4CCN(C)CC4)CC3)nn12. The minimum atomic E-state index is 0.149. The Labute approximate surface area is 211 Å². The van der Waals surface area contributed by atoms with E-state index in [0.717, 1.165) is 92.2 Å². The first-order valence-electron chi connectivity index (χ1n) is 13.0. The number of carbonyl (C=O) groups is 1. The van der Waals surface area contributed by atoms with Gasteiger partial charge in [-0.15, -0.1) is 5.10 Å². The van der Waals surface area contributed by atoms with Gasteiger partial charge >= 0.3 is 0 Å². The molecule has 5 heterocycles. The average Bonchev–Trinajstić information content (AvgIpc) is 3.63. The first-order valence-corrected chi connectivity index (χ1v) is 13.8. The van der Waals surface area contributed by atoms with Gasteiger partial charge in [-0.25, -0.2) is 9.50 Å². The fourth-order valence-corrected chi connectivity index (χ4v) is 6.65. The Balaban J connectivity index is 1.11. The first kappa shape index (κ1) is 22.8. The molecule has 0 aliphatic carbocycles. The molecule has 186 valence electrons. The van der Waals surface area contributed by atoms with Crippen LogP contribution in [0.3, 0.4) is 0 Å². The molecule has 3 aliphatic heterocycles. The molecule has 3 fully saturated rings. The third-order valence-corrected chi connectivity index (χ3v) is 8.93. The van der Waals surface area contributed by atoms with E-state index in [4.69, 9.17) is 10.1 Å². The summed E-state index contributed by atoms with van der Waals surface area (Å²) in [5.41, 5.74) is 4.55. The molecule has 0 unspecified atom stereocenters. The van der Waals surface area contributed by atoms with Crippen molar-refractivity contribution < 1.29 is 4.79 Å². The number of anilines is 2. The summed E-state index contributed by atoms with van der Waals surface area (Å²) in [6.45, 7) is 9.87. The summed E-state index contributed by atoms with van der Waals surface area (Å²) in [6, 6.07) is 8.83. The highest BCUT2D eigenvalue weighted by molar-refractivity contribution is 7.20. The largest absolute Gasteiger partial charge is 0.372 e. The topological polar surface area (TPSA) is 60.2 Å². The van der Waals surface area contributed by atoms with Crippen molar-refractivity contribution in [1.29, 1.82) is 0 Å². The van der Waals surface area contributed by atoms with Crippen LogP contribution >= 0.6 is 11.3 Å². The fourth-order valence-electron chi connectivity index (χ4n) is 5.65. The molecule has 3 aromatic rings. The highest BCUT2D eigenvalue weighted by atomic mass is 32.1. The van der Waals surface area contributed by atoms with Crippen molar-refractivity contribution in [2.45, 2.75) is 32.6 Å². The lowest BCUT2D eigenvalue weighted by Crippen LogP contribution is -2.50. The molecule has 0 radical (unpaired) electrons. The summed E-state index contributed by atoms with van der Waals surface area (Å²) in [5, 5.41) is 5.93. The van der Waals surface area contributed by atoms with E-state index in [0.29, 0.717) is 5.91 Å². The van der Waals surface area contributed by atoms with E-state index < -0.39 is 0 Å². The molecular formula is C26H35N7OS. The molecule has 8 nitrogen and oxygen atoms in total. The quantitative estimate of drug-likeness (QED) is 0.556. The van der Waals surface area contributed by atoms with Gasteiger partial charge in [-0.05, 0) is 51.8 Å². The van der Waals surface area contributed by atoms with E-state index >= 15 is 0 Å². The maximum absolute atomic E-state index is 13.0. The lowest BCUT2D eigenvalue weighted by molar-refractivity contribution is -0.137. The molecule has 6 rings (SSSR count). The summed E-state index contributed by atoms with van der Waals surface area (Å²) < 4.78 is 1.99. The van der Waals surface area contributed by atoms with Gasteiger partial charge in [-0.2, -0.15) is 0 Å². The maximum Gasteiger partial charge on any atom is 0.225 e. The van der Waals surface area contributed by atoms with Crippen molar-refractivity contribution in [3.05, 3.63) is 30.0 Å². The van der Waals surface area contributed by atoms with Crippen molar-refractivity contribution in [1.82, 2.24) is 24.4 Å². The Bertz CT molecular complexity index is 1180. The number of aromatic nitrogens is 3. The molecule has 0 bridgehead atoms. The molecule has 3 aliphatic rings. The van der Waals surface area contributed by atoms with E-state index in [9.17, 15) is 4.79 Å². The molecule has 1 amide bonds. The lowest BCUT2D eigenvalue weighted by atomic mass is 9.95. The van der Waals surface area contributed by atoms with Gasteiger partial charge < -0.3 is 19.6 Å². The van der Waals surface area contributed by atoms with Gasteiger partial charge in [0.1, 0.15) is 0 Å². The second kappa shape index (κ2) is 9.43.